The molecule has 1 fully saturated rings. The molecule has 2 atom stereocenters. The highest BCUT2D eigenvalue weighted by Gasteiger charge is 2.20. The average Bonchev–Trinajstić information content (AvgIpc) is 3.16. The van der Waals surface area contributed by atoms with Crippen LogP contribution in [-0.2, 0) is 11.2 Å². The minimum Gasteiger partial charge on any atom is -0.353 e. The molecule has 0 saturated carbocycles. The van der Waals surface area contributed by atoms with E-state index in [0.717, 1.165) is 24.9 Å². The van der Waals surface area contributed by atoms with Crippen molar-refractivity contribution in [1.29, 1.82) is 0 Å². The zero-order valence-corrected chi connectivity index (χ0v) is 13.4. The van der Waals surface area contributed by atoms with Gasteiger partial charge < -0.3 is 15.2 Å². The lowest BCUT2D eigenvalue weighted by Gasteiger charge is -2.28. The first kappa shape index (κ1) is 15.2. The van der Waals surface area contributed by atoms with E-state index in [-0.39, 0.29) is 11.9 Å². The van der Waals surface area contributed by atoms with Crippen LogP contribution in [0.15, 0.2) is 21.3 Å². The van der Waals surface area contributed by atoms with Crippen molar-refractivity contribution in [2.45, 2.75) is 44.7 Å². The Morgan fingerprint density at radius 1 is 1.59 bits per heavy atom. The van der Waals surface area contributed by atoms with Crippen molar-refractivity contribution in [3.63, 3.8) is 0 Å². The second kappa shape index (κ2) is 7.02. The maximum Gasteiger partial charge on any atom is 0.227 e. The van der Waals surface area contributed by atoms with E-state index in [1.165, 1.54) is 0 Å². The monoisotopic (exact) mass is 320 g/mol. The predicted molar refractivity (Wildman–Crippen MR) is 84.6 cm³/mol. The highest BCUT2D eigenvalue weighted by molar-refractivity contribution is 7.08. The normalized spacial score (nSPS) is 21.7. The van der Waals surface area contributed by atoms with Gasteiger partial charge in [0.1, 0.15) is 0 Å². The SMILES string of the molecule is CC1CC(NC(=O)CCc2nc(-c3ccsc3)no2)CCN1. The van der Waals surface area contributed by atoms with Gasteiger partial charge in [0.05, 0.1) is 0 Å². The quantitative estimate of drug-likeness (QED) is 0.880. The van der Waals surface area contributed by atoms with Crippen molar-refractivity contribution in [3.05, 3.63) is 22.7 Å². The molecule has 7 heteroatoms. The third kappa shape index (κ3) is 3.92. The molecule has 0 aromatic carbocycles. The van der Waals surface area contributed by atoms with Crippen LogP contribution in [0.2, 0.25) is 0 Å². The standard InChI is InChI=1S/C15H20N4O2S/c1-10-8-12(4-6-16-10)17-13(20)2-3-14-18-15(19-21-14)11-5-7-22-9-11/h5,7,9-10,12,16H,2-4,6,8H2,1H3,(H,17,20). The summed E-state index contributed by atoms with van der Waals surface area (Å²) in [5, 5.41) is 14.3. The molecular formula is C15H20N4O2S. The lowest BCUT2D eigenvalue weighted by Crippen LogP contribution is -2.46. The summed E-state index contributed by atoms with van der Waals surface area (Å²) >= 11 is 1.59. The fourth-order valence-corrected chi connectivity index (χ4v) is 3.28. The van der Waals surface area contributed by atoms with Gasteiger partial charge in [-0.1, -0.05) is 5.16 Å². The fraction of sp³-hybridized carbons (Fsp3) is 0.533. The van der Waals surface area contributed by atoms with E-state index in [4.69, 9.17) is 4.52 Å². The Morgan fingerprint density at radius 2 is 2.50 bits per heavy atom. The summed E-state index contributed by atoms with van der Waals surface area (Å²) in [5.74, 6) is 1.15. The van der Waals surface area contributed by atoms with Gasteiger partial charge in [-0.2, -0.15) is 16.3 Å². The van der Waals surface area contributed by atoms with Crippen molar-refractivity contribution >= 4 is 17.2 Å². The van der Waals surface area contributed by atoms with Crippen LogP contribution >= 0.6 is 11.3 Å². The summed E-state index contributed by atoms with van der Waals surface area (Å²) in [7, 11) is 0. The van der Waals surface area contributed by atoms with Crippen LogP contribution in [0.5, 0.6) is 0 Å². The second-order valence-corrected chi connectivity index (χ2v) is 6.45. The van der Waals surface area contributed by atoms with E-state index in [0.29, 0.717) is 30.6 Å². The van der Waals surface area contributed by atoms with E-state index < -0.39 is 0 Å². The predicted octanol–water partition coefficient (Wildman–Crippen LogP) is 1.99. The summed E-state index contributed by atoms with van der Waals surface area (Å²) in [6.07, 6.45) is 2.82. The van der Waals surface area contributed by atoms with Crippen molar-refractivity contribution in [3.8, 4) is 11.4 Å². The first-order valence-electron chi connectivity index (χ1n) is 7.58. The van der Waals surface area contributed by atoms with Crippen LogP contribution in [0, 0.1) is 0 Å². The van der Waals surface area contributed by atoms with Crippen LogP contribution in [0.25, 0.3) is 11.4 Å². The van der Waals surface area contributed by atoms with Crippen LogP contribution < -0.4 is 10.6 Å². The molecule has 2 N–H and O–H groups in total. The van der Waals surface area contributed by atoms with Gasteiger partial charge in [-0.25, -0.2) is 0 Å². The highest BCUT2D eigenvalue weighted by atomic mass is 32.1. The van der Waals surface area contributed by atoms with Crippen molar-refractivity contribution in [2.24, 2.45) is 0 Å². The van der Waals surface area contributed by atoms with Crippen LogP contribution in [-0.4, -0.2) is 34.7 Å². The molecule has 1 aliphatic heterocycles. The number of nitrogens with one attached hydrogen (secondary N) is 2. The Kier molecular flexibility index (Phi) is 4.84. The molecular weight excluding hydrogens is 300 g/mol. The molecule has 3 rings (SSSR count). The number of nitrogens with zero attached hydrogens (tertiary/aromatic N) is 2. The third-order valence-corrected chi connectivity index (χ3v) is 4.49. The number of hydrogen-bond donors (Lipinski definition) is 2. The van der Waals surface area contributed by atoms with Crippen LogP contribution in [0.3, 0.4) is 0 Å². The first-order chi connectivity index (χ1) is 10.7. The first-order valence-corrected chi connectivity index (χ1v) is 8.53. The largest absolute Gasteiger partial charge is 0.353 e. The number of thiophene rings is 1. The third-order valence-electron chi connectivity index (χ3n) is 3.80. The Balaban J connectivity index is 1.47. The molecule has 1 saturated heterocycles. The summed E-state index contributed by atoms with van der Waals surface area (Å²) in [6, 6.07) is 2.68. The molecule has 1 aliphatic rings. The summed E-state index contributed by atoms with van der Waals surface area (Å²) in [5.41, 5.74) is 0.952. The molecule has 2 unspecified atom stereocenters. The molecule has 2 aromatic heterocycles. The molecule has 22 heavy (non-hydrogen) atoms. The zero-order valence-electron chi connectivity index (χ0n) is 12.5. The van der Waals surface area contributed by atoms with E-state index in [2.05, 4.69) is 27.7 Å². The summed E-state index contributed by atoms with van der Waals surface area (Å²) in [4.78, 5) is 16.3. The smallest absolute Gasteiger partial charge is 0.227 e. The number of amides is 1. The van der Waals surface area contributed by atoms with E-state index >= 15 is 0 Å². The molecule has 0 spiro atoms. The number of piperidine rings is 1. The van der Waals surface area contributed by atoms with Gasteiger partial charge in [0.25, 0.3) is 0 Å². The van der Waals surface area contributed by atoms with Gasteiger partial charge in [0, 0.05) is 35.9 Å². The average molecular weight is 320 g/mol. The lowest BCUT2D eigenvalue weighted by molar-refractivity contribution is -0.122. The number of carbonyl (C=O) groups is 1. The maximum atomic E-state index is 12.0. The van der Waals surface area contributed by atoms with Gasteiger partial charge in [-0.3, -0.25) is 4.79 Å². The topological polar surface area (TPSA) is 80.1 Å². The minimum absolute atomic E-state index is 0.0504. The molecule has 6 nitrogen and oxygen atoms in total. The zero-order chi connectivity index (χ0) is 15.4. The maximum absolute atomic E-state index is 12.0. The van der Waals surface area contributed by atoms with Gasteiger partial charge in [0.2, 0.25) is 17.6 Å². The molecule has 0 aliphatic carbocycles. The Morgan fingerprint density at radius 3 is 3.27 bits per heavy atom. The number of rotatable bonds is 5. The molecule has 118 valence electrons. The molecule has 1 amide bonds. The lowest BCUT2D eigenvalue weighted by atomic mass is 10.0. The van der Waals surface area contributed by atoms with Gasteiger partial charge in [-0.15, -0.1) is 0 Å². The van der Waals surface area contributed by atoms with Gasteiger partial charge >= 0.3 is 0 Å². The summed E-state index contributed by atoms with van der Waals surface area (Å²) < 4.78 is 5.20. The van der Waals surface area contributed by atoms with E-state index in [1.807, 2.05) is 16.8 Å². The molecule has 3 heterocycles. The van der Waals surface area contributed by atoms with Crippen molar-refractivity contribution < 1.29 is 9.32 Å². The number of carbonyl (C=O) groups excluding carboxylic acids is 1. The molecule has 0 radical (unpaired) electrons. The fourth-order valence-electron chi connectivity index (χ4n) is 2.65. The Labute approximate surface area is 133 Å². The van der Waals surface area contributed by atoms with Crippen molar-refractivity contribution in [1.82, 2.24) is 20.8 Å². The Bertz CT molecular complexity index is 611. The van der Waals surface area contributed by atoms with Crippen molar-refractivity contribution in [2.75, 3.05) is 6.54 Å². The second-order valence-electron chi connectivity index (χ2n) is 5.67. The van der Waals surface area contributed by atoms with E-state index in [1.54, 1.807) is 11.3 Å². The number of hydrogen-bond acceptors (Lipinski definition) is 6. The van der Waals surface area contributed by atoms with Crippen LogP contribution in [0.1, 0.15) is 32.1 Å². The van der Waals surface area contributed by atoms with Crippen LogP contribution in [0.4, 0.5) is 0 Å². The van der Waals surface area contributed by atoms with Gasteiger partial charge in [0.15, 0.2) is 0 Å². The van der Waals surface area contributed by atoms with E-state index in [9.17, 15) is 4.79 Å². The summed E-state index contributed by atoms with van der Waals surface area (Å²) in [6.45, 7) is 3.10. The molecule has 2 aromatic rings. The number of aromatic nitrogens is 2. The molecule has 0 bridgehead atoms. The highest BCUT2D eigenvalue weighted by Crippen LogP contribution is 2.19. The number of aryl methyl sites for hydroxylation is 1. The minimum atomic E-state index is 0.0504. The Hall–Kier alpha value is -1.73. The van der Waals surface area contributed by atoms with Gasteiger partial charge in [-0.05, 0) is 37.8 Å².